The number of aromatic nitrogens is 1. The van der Waals surface area contributed by atoms with Crippen molar-refractivity contribution in [3.63, 3.8) is 0 Å². The molecule has 2 amide bonds. The summed E-state index contributed by atoms with van der Waals surface area (Å²) in [6.07, 6.45) is -2.84. The maximum Gasteiger partial charge on any atom is 0.416 e. The molecule has 1 aliphatic heterocycles. The molecule has 0 saturated heterocycles. The number of carbonyl (C=O) groups is 2. The van der Waals surface area contributed by atoms with E-state index in [4.69, 9.17) is 0 Å². The molecule has 5 rings (SSSR count). The van der Waals surface area contributed by atoms with Crippen LogP contribution in [-0.4, -0.2) is 21.7 Å². The number of carbonyl (C=O) groups excluding carboxylic acids is 2. The number of fused-ring (bicyclic) bond motifs is 1. The minimum atomic E-state index is -4.52. The average Bonchev–Trinajstić information content (AvgIpc) is 3.11. The van der Waals surface area contributed by atoms with E-state index in [2.05, 4.69) is 16.8 Å². The third-order valence-electron chi connectivity index (χ3n) is 5.78. The minimum Gasteiger partial charge on any atom is -0.269 e. The van der Waals surface area contributed by atoms with Crippen molar-refractivity contribution in [2.24, 2.45) is 0 Å². The van der Waals surface area contributed by atoms with E-state index in [0.29, 0.717) is 11.1 Å². The SMILES string of the molecule is O=C1C(C#Cc2ccccc2)=C(c2ccc(C(F)(F)F)cc2)C(=O)N1Cc1ccc2ncccc2c1. The van der Waals surface area contributed by atoms with Gasteiger partial charge in [0.25, 0.3) is 11.8 Å². The number of imide groups is 1. The maximum absolute atomic E-state index is 13.4. The van der Waals surface area contributed by atoms with Gasteiger partial charge in [-0.25, -0.2) is 0 Å². The monoisotopic (exact) mass is 482 g/mol. The number of amides is 2. The quantitative estimate of drug-likeness (QED) is 0.281. The normalized spacial score (nSPS) is 13.8. The van der Waals surface area contributed by atoms with Crippen molar-refractivity contribution in [3.05, 3.63) is 119 Å². The Morgan fingerprint density at radius 1 is 0.806 bits per heavy atom. The molecule has 4 aromatic rings. The van der Waals surface area contributed by atoms with Gasteiger partial charge in [-0.2, -0.15) is 13.2 Å². The standard InChI is InChI=1S/C29H17F3N2O2/c30-29(31,32)23-12-10-21(11-13-23)26-24(14-8-19-5-2-1-3-6-19)27(35)34(28(26)36)18-20-9-15-25-22(17-20)7-4-16-33-25/h1-7,9-13,15-17H,18H2. The Kier molecular flexibility index (Phi) is 5.87. The molecule has 0 spiro atoms. The first kappa shape index (κ1) is 23.1. The van der Waals surface area contributed by atoms with Gasteiger partial charge in [-0.1, -0.05) is 54.3 Å². The molecule has 176 valence electrons. The van der Waals surface area contributed by atoms with Crippen LogP contribution in [0.1, 0.15) is 22.3 Å². The van der Waals surface area contributed by atoms with E-state index in [1.54, 1.807) is 48.7 Å². The number of alkyl halides is 3. The number of hydrogen-bond acceptors (Lipinski definition) is 3. The van der Waals surface area contributed by atoms with E-state index in [1.165, 1.54) is 12.1 Å². The van der Waals surface area contributed by atoms with Gasteiger partial charge in [-0.3, -0.25) is 19.5 Å². The number of hydrogen-bond donors (Lipinski definition) is 0. The smallest absolute Gasteiger partial charge is 0.269 e. The highest BCUT2D eigenvalue weighted by Crippen LogP contribution is 2.34. The number of pyridine rings is 1. The summed E-state index contributed by atoms with van der Waals surface area (Å²) < 4.78 is 39.2. The zero-order valence-corrected chi connectivity index (χ0v) is 18.7. The van der Waals surface area contributed by atoms with E-state index in [9.17, 15) is 22.8 Å². The first-order valence-corrected chi connectivity index (χ1v) is 11.0. The Hall–Kier alpha value is -4.70. The Morgan fingerprint density at radius 2 is 1.56 bits per heavy atom. The lowest BCUT2D eigenvalue weighted by atomic mass is 10.00. The van der Waals surface area contributed by atoms with Crippen molar-refractivity contribution in [1.29, 1.82) is 0 Å². The summed E-state index contributed by atoms with van der Waals surface area (Å²) in [6.45, 7) is -0.0108. The minimum absolute atomic E-state index is 0.0108. The zero-order valence-electron chi connectivity index (χ0n) is 18.7. The van der Waals surface area contributed by atoms with Crippen molar-refractivity contribution in [2.45, 2.75) is 12.7 Å². The van der Waals surface area contributed by atoms with Gasteiger partial charge >= 0.3 is 6.18 Å². The second kappa shape index (κ2) is 9.16. The van der Waals surface area contributed by atoms with E-state index in [1.807, 2.05) is 18.2 Å². The van der Waals surface area contributed by atoms with E-state index >= 15 is 0 Å². The summed E-state index contributed by atoms with van der Waals surface area (Å²) >= 11 is 0. The average molecular weight is 482 g/mol. The van der Waals surface area contributed by atoms with Gasteiger partial charge in [0.2, 0.25) is 0 Å². The van der Waals surface area contributed by atoms with Gasteiger partial charge in [0, 0.05) is 17.1 Å². The van der Waals surface area contributed by atoms with Crippen LogP contribution in [0.15, 0.2) is 96.7 Å². The summed E-state index contributed by atoms with van der Waals surface area (Å²) in [7, 11) is 0. The largest absolute Gasteiger partial charge is 0.416 e. The Balaban J connectivity index is 1.54. The van der Waals surface area contributed by atoms with Crippen LogP contribution in [0.2, 0.25) is 0 Å². The molecule has 0 N–H and O–H groups in total. The molecule has 0 fully saturated rings. The fourth-order valence-corrected chi connectivity index (χ4v) is 3.99. The molecule has 7 heteroatoms. The topological polar surface area (TPSA) is 50.3 Å². The van der Waals surface area contributed by atoms with Crippen LogP contribution >= 0.6 is 0 Å². The number of halogens is 3. The van der Waals surface area contributed by atoms with E-state index in [0.717, 1.165) is 27.9 Å². The molecule has 3 aromatic carbocycles. The summed E-state index contributed by atoms with van der Waals surface area (Å²) in [5.41, 5.74) is 1.41. The highest BCUT2D eigenvalue weighted by atomic mass is 19.4. The molecule has 0 aliphatic carbocycles. The lowest BCUT2D eigenvalue weighted by Gasteiger charge is -2.15. The van der Waals surface area contributed by atoms with Crippen molar-refractivity contribution < 1.29 is 22.8 Å². The van der Waals surface area contributed by atoms with Crippen LogP contribution in [0, 0.1) is 11.8 Å². The summed E-state index contributed by atoms with van der Waals surface area (Å²) in [5.74, 6) is 4.49. The van der Waals surface area contributed by atoms with Crippen LogP contribution in [0.25, 0.3) is 16.5 Å². The molecule has 0 unspecified atom stereocenters. The first-order chi connectivity index (χ1) is 17.3. The molecule has 0 radical (unpaired) electrons. The maximum atomic E-state index is 13.4. The molecule has 0 atom stereocenters. The molecule has 2 heterocycles. The van der Waals surface area contributed by atoms with Crippen LogP contribution < -0.4 is 0 Å². The molecular weight excluding hydrogens is 465 g/mol. The van der Waals surface area contributed by atoms with E-state index < -0.39 is 23.6 Å². The molecule has 4 nitrogen and oxygen atoms in total. The molecule has 1 aromatic heterocycles. The first-order valence-electron chi connectivity index (χ1n) is 11.0. The Bertz CT molecular complexity index is 1580. The predicted octanol–water partition coefficient (Wildman–Crippen LogP) is 5.63. The fraction of sp³-hybridized carbons (Fsp3) is 0.0690. The molecule has 0 saturated carbocycles. The summed E-state index contributed by atoms with van der Waals surface area (Å²) in [6, 6.07) is 22.2. The second-order valence-corrected chi connectivity index (χ2v) is 8.17. The van der Waals surface area contributed by atoms with Crippen molar-refractivity contribution >= 4 is 28.3 Å². The van der Waals surface area contributed by atoms with Crippen molar-refractivity contribution in [2.75, 3.05) is 0 Å². The van der Waals surface area contributed by atoms with Crippen LogP contribution in [0.3, 0.4) is 0 Å². The predicted molar refractivity (Wildman–Crippen MR) is 129 cm³/mol. The summed E-state index contributed by atoms with van der Waals surface area (Å²) in [5, 5.41) is 0.856. The van der Waals surface area contributed by atoms with Gasteiger partial charge in [0.15, 0.2) is 0 Å². The lowest BCUT2D eigenvalue weighted by Crippen LogP contribution is -2.31. The van der Waals surface area contributed by atoms with E-state index in [-0.39, 0.29) is 23.3 Å². The highest BCUT2D eigenvalue weighted by Gasteiger charge is 2.39. The van der Waals surface area contributed by atoms with Crippen molar-refractivity contribution in [1.82, 2.24) is 9.88 Å². The Labute approximate surface area is 204 Å². The lowest BCUT2D eigenvalue weighted by molar-refractivity contribution is -0.138. The second-order valence-electron chi connectivity index (χ2n) is 8.17. The van der Waals surface area contributed by atoms with Crippen LogP contribution in [-0.2, 0) is 22.3 Å². The highest BCUT2D eigenvalue weighted by molar-refractivity contribution is 6.37. The molecular formula is C29H17F3N2O2. The van der Waals surface area contributed by atoms with Gasteiger partial charge in [0.1, 0.15) is 5.57 Å². The molecule has 0 bridgehead atoms. The third kappa shape index (κ3) is 4.49. The Morgan fingerprint density at radius 3 is 2.28 bits per heavy atom. The molecule has 36 heavy (non-hydrogen) atoms. The van der Waals surface area contributed by atoms with Gasteiger partial charge in [-0.15, -0.1) is 0 Å². The number of rotatable bonds is 3. The van der Waals surface area contributed by atoms with Gasteiger partial charge in [0.05, 0.1) is 23.2 Å². The number of nitrogens with zero attached hydrogens (tertiary/aromatic N) is 2. The van der Waals surface area contributed by atoms with Gasteiger partial charge in [-0.05, 0) is 53.6 Å². The fourth-order valence-electron chi connectivity index (χ4n) is 3.99. The number of benzene rings is 3. The van der Waals surface area contributed by atoms with Gasteiger partial charge < -0.3 is 0 Å². The summed E-state index contributed by atoms with van der Waals surface area (Å²) in [4.78, 5) is 32.1. The van der Waals surface area contributed by atoms with Crippen molar-refractivity contribution in [3.8, 4) is 11.8 Å². The zero-order chi connectivity index (χ0) is 25.3. The van der Waals surface area contributed by atoms with Crippen LogP contribution in [0.4, 0.5) is 13.2 Å². The van der Waals surface area contributed by atoms with Crippen LogP contribution in [0.5, 0.6) is 0 Å². The third-order valence-corrected chi connectivity index (χ3v) is 5.78. The molecule has 1 aliphatic rings.